The first-order valence-electron chi connectivity index (χ1n) is 13.3. The zero-order valence-corrected chi connectivity index (χ0v) is 22.9. The second-order valence-electron chi connectivity index (χ2n) is 11.1. The maximum absolute atomic E-state index is 13.8. The molecular weight excluding hydrogens is 534 g/mol. The van der Waals surface area contributed by atoms with Gasteiger partial charge in [0.05, 0.1) is 18.3 Å². The number of rotatable bonds is 4. The average Bonchev–Trinajstić information content (AvgIpc) is 3.19. The van der Waals surface area contributed by atoms with Crippen molar-refractivity contribution >= 4 is 5.78 Å². The van der Waals surface area contributed by atoms with E-state index in [9.17, 15) is 29.7 Å². The molecule has 0 saturated carbocycles. The van der Waals surface area contributed by atoms with Crippen LogP contribution in [0, 0.1) is 0 Å². The molecule has 0 aliphatic carbocycles. The van der Waals surface area contributed by atoms with E-state index in [0.29, 0.717) is 22.6 Å². The number of carbonyl (C=O) groups is 1. The molecular formula is C29H31N3O9. The predicted molar refractivity (Wildman–Crippen MR) is 145 cm³/mol. The molecule has 2 aromatic carbocycles. The Morgan fingerprint density at radius 3 is 2.39 bits per heavy atom. The van der Waals surface area contributed by atoms with Gasteiger partial charge in [-0.15, -0.1) is 0 Å². The maximum atomic E-state index is 13.8. The monoisotopic (exact) mass is 565 g/mol. The van der Waals surface area contributed by atoms with Gasteiger partial charge in [0.25, 0.3) is 0 Å². The number of ketones is 1. The van der Waals surface area contributed by atoms with Gasteiger partial charge in [0.1, 0.15) is 41.5 Å². The highest BCUT2D eigenvalue weighted by molar-refractivity contribution is 5.94. The first kappa shape index (κ1) is 27.2. The number of hydrogen-bond acceptors (Lipinski definition) is 9. The number of benzene rings is 2. The van der Waals surface area contributed by atoms with E-state index in [2.05, 4.69) is 0 Å². The molecule has 12 nitrogen and oxygen atoms in total. The summed E-state index contributed by atoms with van der Waals surface area (Å²) in [6, 6.07) is 10.6. The third-order valence-corrected chi connectivity index (χ3v) is 8.02. The molecule has 1 aromatic heterocycles. The largest absolute Gasteiger partial charge is 0.483 e. The van der Waals surface area contributed by atoms with Crippen molar-refractivity contribution in [2.45, 2.75) is 76.6 Å². The summed E-state index contributed by atoms with van der Waals surface area (Å²) >= 11 is 0. The minimum absolute atomic E-state index is 0.122. The summed E-state index contributed by atoms with van der Waals surface area (Å²) in [4.78, 5) is 39.0. The number of hydrogen-bond donors (Lipinski definition) is 3. The van der Waals surface area contributed by atoms with Gasteiger partial charge in [0, 0.05) is 17.2 Å². The molecule has 3 aliphatic heterocycles. The molecule has 1 saturated heterocycles. The van der Waals surface area contributed by atoms with Crippen LogP contribution in [0.25, 0.3) is 5.69 Å². The van der Waals surface area contributed by atoms with Crippen molar-refractivity contribution in [2.75, 3.05) is 0 Å². The Bertz CT molecular complexity index is 1680. The average molecular weight is 566 g/mol. The van der Waals surface area contributed by atoms with Gasteiger partial charge in [-0.25, -0.2) is 23.5 Å². The minimum Gasteiger partial charge on any atom is -0.483 e. The number of fused-ring (bicyclic) bond motifs is 5. The van der Waals surface area contributed by atoms with Crippen LogP contribution in [0.4, 0.5) is 0 Å². The molecule has 0 radical (unpaired) electrons. The standard InChI is InChI=1S/C29H31N3O9/c1-14(33)16-5-7-17(8-6-16)31-27(37)30-12-11-20-22(32(30)28(31)38)19-10-9-18(13-21(19)41-29(20,3)4)40-26-25(36)24(35)23(34)15(2)39-26/h5-11,13,15,22-26,34-36H,12H2,1-4H3/t15-,22?,23-,24+,25-,26+/m1/s1. The van der Waals surface area contributed by atoms with E-state index in [1.807, 2.05) is 19.9 Å². The molecule has 0 amide bonds. The smallest absolute Gasteiger partial charge is 0.352 e. The minimum atomic E-state index is -1.49. The van der Waals surface area contributed by atoms with Crippen LogP contribution in [-0.2, 0) is 11.3 Å². The second kappa shape index (κ2) is 9.55. The molecule has 3 N–H and O–H groups in total. The summed E-state index contributed by atoms with van der Waals surface area (Å²) in [5, 5.41) is 30.5. The molecule has 0 bridgehead atoms. The summed E-state index contributed by atoms with van der Waals surface area (Å²) in [7, 11) is 0. The van der Waals surface area contributed by atoms with Crippen LogP contribution in [0.3, 0.4) is 0 Å². The van der Waals surface area contributed by atoms with Gasteiger partial charge in [-0.2, -0.15) is 0 Å². The number of nitrogens with zero attached hydrogens (tertiary/aromatic N) is 3. The van der Waals surface area contributed by atoms with Crippen molar-refractivity contribution in [1.29, 1.82) is 0 Å². The van der Waals surface area contributed by atoms with E-state index in [-0.39, 0.29) is 18.1 Å². The molecule has 216 valence electrons. The number of aliphatic hydroxyl groups excluding tert-OH is 3. The highest BCUT2D eigenvalue weighted by Crippen LogP contribution is 2.47. The molecule has 0 spiro atoms. The highest BCUT2D eigenvalue weighted by Gasteiger charge is 2.45. The van der Waals surface area contributed by atoms with Gasteiger partial charge in [-0.1, -0.05) is 6.08 Å². The van der Waals surface area contributed by atoms with E-state index in [0.717, 1.165) is 10.1 Å². The van der Waals surface area contributed by atoms with E-state index < -0.39 is 53.7 Å². The lowest BCUT2D eigenvalue weighted by molar-refractivity contribution is -0.268. The van der Waals surface area contributed by atoms with Gasteiger partial charge in [0.15, 0.2) is 5.78 Å². The van der Waals surface area contributed by atoms with Crippen molar-refractivity contribution in [3.05, 3.63) is 86.2 Å². The second-order valence-corrected chi connectivity index (χ2v) is 11.1. The fraction of sp³-hybridized carbons (Fsp3) is 0.414. The third kappa shape index (κ3) is 4.25. The van der Waals surface area contributed by atoms with Crippen molar-refractivity contribution < 1.29 is 34.3 Å². The van der Waals surface area contributed by atoms with Gasteiger partial charge < -0.3 is 29.5 Å². The van der Waals surface area contributed by atoms with E-state index in [1.165, 1.54) is 16.3 Å². The Hall–Kier alpha value is -3.97. The van der Waals surface area contributed by atoms with Gasteiger partial charge in [-0.05, 0) is 69.7 Å². The predicted octanol–water partition coefficient (Wildman–Crippen LogP) is 0.910. The van der Waals surface area contributed by atoms with E-state index in [4.69, 9.17) is 14.2 Å². The van der Waals surface area contributed by atoms with Gasteiger partial charge >= 0.3 is 11.4 Å². The van der Waals surface area contributed by atoms with Crippen molar-refractivity contribution in [3.63, 3.8) is 0 Å². The van der Waals surface area contributed by atoms with Crippen LogP contribution >= 0.6 is 0 Å². The molecule has 4 heterocycles. The lowest BCUT2D eigenvalue weighted by atomic mass is 9.83. The summed E-state index contributed by atoms with van der Waals surface area (Å²) in [6.45, 7) is 6.91. The fourth-order valence-corrected chi connectivity index (χ4v) is 5.76. The van der Waals surface area contributed by atoms with Crippen LogP contribution in [-0.4, -0.2) is 71.3 Å². The van der Waals surface area contributed by atoms with Gasteiger partial charge in [-0.3, -0.25) is 4.79 Å². The van der Waals surface area contributed by atoms with Crippen molar-refractivity contribution in [3.8, 4) is 17.2 Å². The molecule has 1 fully saturated rings. The number of aromatic nitrogens is 3. The number of allylic oxidation sites excluding steroid dienone is 1. The quantitative estimate of drug-likeness (QED) is 0.309. The highest BCUT2D eigenvalue weighted by atomic mass is 16.7. The summed E-state index contributed by atoms with van der Waals surface area (Å²) in [5.74, 6) is 0.554. The summed E-state index contributed by atoms with van der Waals surface area (Å²) < 4.78 is 21.6. The van der Waals surface area contributed by atoms with Crippen LogP contribution in [0.5, 0.6) is 11.5 Å². The molecule has 3 aliphatic rings. The summed E-state index contributed by atoms with van der Waals surface area (Å²) in [6.07, 6.45) is -4.31. The molecule has 12 heteroatoms. The zero-order valence-electron chi connectivity index (χ0n) is 22.9. The third-order valence-electron chi connectivity index (χ3n) is 8.02. The lowest BCUT2D eigenvalue weighted by Gasteiger charge is -2.43. The number of carbonyl (C=O) groups excluding carboxylic acids is 1. The maximum Gasteiger partial charge on any atom is 0.352 e. The van der Waals surface area contributed by atoms with Crippen LogP contribution < -0.4 is 20.9 Å². The Morgan fingerprint density at radius 1 is 1.00 bits per heavy atom. The number of ether oxygens (including phenoxy) is 3. The SMILES string of the molecule is CC(=O)c1ccc(-n2c(=O)n3n(c2=O)C2C(=CC3)C(C)(C)Oc3cc(O[C@@H]4O[C@H](C)[C@@H](O)[C@H](O)[C@H]4O)ccc32)cc1. The number of aliphatic hydroxyl groups is 3. The molecule has 6 rings (SSSR count). The molecule has 1 unspecified atom stereocenters. The lowest BCUT2D eigenvalue weighted by Crippen LogP contribution is -2.58. The molecule has 6 atom stereocenters. The first-order valence-corrected chi connectivity index (χ1v) is 13.3. The zero-order chi connectivity index (χ0) is 29.4. The Labute approximate surface area is 234 Å². The Balaban J connectivity index is 1.40. The molecule has 3 aromatic rings. The topological polar surface area (TPSA) is 154 Å². The van der Waals surface area contributed by atoms with Gasteiger partial charge in [0.2, 0.25) is 6.29 Å². The van der Waals surface area contributed by atoms with Crippen molar-refractivity contribution in [1.82, 2.24) is 13.9 Å². The Kier molecular flexibility index (Phi) is 6.34. The Morgan fingerprint density at radius 2 is 1.71 bits per heavy atom. The fourth-order valence-electron chi connectivity index (χ4n) is 5.76. The van der Waals surface area contributed by atoms with E-state index in [1.54, 1.807) is 49.4 Å². The normalized spacial score (nSPS) is 28.0. The first-order chi connectivity index (χ1) is 19.4. The van der Waals surface area contributed by atoms with Crippen LogP contribution in [0.15, 0.2) is 63.7 Å². The molecule has 41 heavy (non-hydrogen) atoms. The van der Waals surface area contributed by atoms with Crippen LogP contribution in [0.2, 0.25) is 0 Å². The van der Waals surface area contributed by atoms with E-state index >= 15 is 0 Å². The van der Waals surface area contributed by atoms with Crippen LogP contribution in [0.1, 0.15) is 49.7 Å². The summed E-state index contributed by atoms with van der Waals surface area (Å²) in [5.41, 5.74) is 0.356. The van der Waals surface area contributed by atoms with Crippen molar-refractivity contribution in [2.24, 2.45) is 0 Å². The number of Topliss-reactive ketones (excluding diaryl/α,β-unsaturated/α-hetero) is 1.